The number of carbonyl (C=O) groups is 1. The number of hydrogen-bond acceptors (Lipinski definition) is 4. The number of amides is 1. The Kier molecular flexibility index (Phi) is 6.10. The molecule has 0 saturated carbocycles. The van der Waals surface area contributed by atoms with Crippen molar-refractivity contribution >= 4 is 23.2 Å². The molecule has 0 atom stereocenters. The molecule has 0 unspecified atom stereocenters. The molecule has 8 heteroatoms. The minimum atomic E-state index is -0.311. The van der Waals surface area contributed by atoms with Gasteiger partial charge in [-0.05, 0) is 30.2 Å². The van der Waals surface area contributed by atoms with Gasteiger partial charge in [0.2, 0.25) is 0 Å². The van der Waals surface area contributed by atoms with Crippen molar-refractivity contribution in [3.05, 3.63) is 95.5 Å². The van der Waals surface area contributed by atoms with E-state index < -0.39 is 0 Å². The Balaban J connectivity index is 1.30. The van der Waals surface area contributed by atoms with E-state index in [0.29, 0.717) is 16.5 Å². The van der Waals surface area contributed by atoms with Crippen LogP contribution in [-0.2, 0) is 19.7 Å². The van der Waals surface area contributed by atoms with Crippen LogP contribution < -0.4 is 10.1 Å². The fourth-order valence-corrected chi connectivity index (χ4v) is 3.08. The number of halogens is 1. The van der Waals surface area contributed by atoms with Gasteiger partial charge in [-0.15, -0.1) is 0 Å². The molecule has 0 aliphatic rings. The molecule has 2 aromatic heterocycles. The number of benzene rings is 2. The number of ether oxygens (including phenoxy) is 1. The first-order valence-electron chi connectivity index (χ1n) is 9.46. The molecule has 0 aliphatic carbocycles. The van der Waals surface area contributed by atoms with Crippen molar-refractivity contribution in [3.63, 3.8) is 0 Å². The zero-order valence-corrected chi connectivity index (χ0v) is 16.9. The number of aryl methyl sites for hydroxylation is 2. The van der Waals surface area contributed by atoms with Gasteiger partial charge in [0.25, 0.3) is 5.91 Å². The van der Waals surface area contributed by atoms with E-state index in [9.17, 15) is 4.79 Å². The highest BCUT2D eigenvalue weighted by molar-refractivity contribution is 6.32. The first-order chi connectivity index (χ1) is 14.7. The normalized spacial score (nSPS) is 10.7. The summed E-state index contributed by atoms with van der Waals surface area (Å²) in [5, 5.41) is 11.9. The van der Waals surface area contributed by atoms with Crippen molar-refractivity contribution in [2.45, 2.75) is 19.7 Å². The molecule has 152 valence electrons. The van der Waals surface area contributed by atoms with E-state index in [1.807, 2.05) is 30.3 Å². The smallest absolute Gasteiger partial charge is 0.276 e. The maximum Gasteiger partial charge on any atom is 0.276 e. The largest absolute Gasteiger partial charge is 0.470 e. The topological polar surface area (TPSA) is 74.0 Å². The summed E-state index contributed by atoms with van der Waals surface area (Å²) in [4.78, 5) is 12.5. The van der Waals surface area contributed by atoms with Crippen molar-refractivity contribution in [3.8, 4) is 5.75 Å². The van der Waals surface area contributed by atoms with Gasteiger partial charge in [0, 0.05) is 18.9 Å². The molecule has 7 nitrogen and oxygen atoms in total. The molecule has 0 radical (unpaired) electrons. The Morgan fingerprint density at radius 2 is 1.83 bits per heavy atom. The third-order valence-electron chi connectivity index (χ3n) is 4.43. The molecule has 0 bridgehead atoms. The van der Waals surface area contributed by atoms with Crippen LogP contribution in [0.1, 0.15) is 16.1 Å². The molecule has 4 rings (SSSR count). The van der Waals surface area contributed by atoms with Crippen LogP contribution in [0.4, 0.5) is 5.69 Å². The van der Waals surface area contributed by atoms with E-state index in [4.69, 9.17) is 16.3 Å². The van der Waals surface area contributed by atoms with Gasteiger partial charge in [-0.3, -0.25) is 9.48 Å². The second kappa shape index (κ2) is 9.28. The van der Waals surface area contributed by atoms with Crippen LogP contribution in [0.3, 0.4) is 0 Å². The zero-order valence-electron chi connectivity index (χ0n) is 16.1. The molecule has 0 saturated heterocycles. The van der Waals surface area contributed by atoms with Crippen LogP contribution in [0.25, 0.3) is 0 Å². The van der Waals surface area contributed by atoms with E-state index in [1.165, 1.54) is 10.2 Å². The molecular weight excluding hydrogens is 402 g/mol. The summed E-state index contributed by atoms with van der Waals surface area (Å²) in [7, 11) is 0. The summed E-state index contributed by atoms with van der Waals surface area (Å²) in [6.07, 6.45) is 5.97. The number of nitrogens with one attached hydrogen (secondary N) is 1. The zero-order chi connectivity index (χ0) is 20.8. The molecule has 0 aliphatic heterocycles. The Bertz CT molecular complexity index is 1120. The molecule has 30 heavy (non-hydrogen) atoms. The van der Waals surface area contributed by atoms with E-state index in [-0.39, 0.29) is 18.3 Å². The second-order valence-electron chi connectivity index (χ2n) is 6.63. The van der Waals surface area contributed by atoms with Crippen molar-refractivity contribution in [1.29, 1.82) is 0 Å². The SMILES string of the molecule is O=C(Nc1cnn(CCc2ccccc2)c1)c1ccn(COc2ccccc2Cl)n1. The van der Waals surface area contributed by atoms with Crippen LogP contribution in [0.15, 0.2) is 79.3 Å². The Hall–Kier alpha value is -3.58. The van der Waals surface area contributed by atoms with Crippen LogP contribution in [-0.4, -0.2) is 25.5 Å². The fourth-order valence-electron chi connectivity index (χ4n) is 2.89. The number of para-hydroxylation sites is 1. The predicted molar refractivity (Wildman–Crippen MR) is 115 cm³/mol. The minimum absolute atomic E-state index is 0.147. The molecule has 2 heterocycles. The highest BCUT2D eigenvalue weighted by Crippen LogP contribution is 2.23. The number of carbonyl (C=O) groups excluding carboxylic acids is 1. The number of anilines is 1. The molecule has 4 aromatic rings. The fraction of sp³-hybridized carbons (Fsp3) is 0.136. The summed E-state index contributed by atoms with van der Waals surface area (Å²) in [5.74, 6) is 0.248. The molecule has 2 aromatic carbocycles. The molecule has 0 fully saturated rings. The lowest BCUT2D eigenvalue weighted by molar-refractivity contribution is 0.102. The number of rotatable bonds is 8. The highest BCUT2D eigenvalue weighted by atomic mass is 35.5. The Labute approximate surface area is 178 Å². The molecular formula is C22H20ClN5O2. The van der Waals surface area contributed by atoms with Crippen LogP contribution in [0.5, 0.6) is 5.75 Å². The summed E-state index contributed by atoms with van der Waals surface area (Å²) in [5.41, 5.74) is 2.15. The van der Waals surface area contributed by atoms with Gasteiger partial charge in [0.05, 0.1) is 16.9 Å². The van der Waals surface area contributed by atoms with Crippen LogP contribution in [0, 0.1) is 0 Å². The van der Waals surface area contributed by atoms with Gasteiger partial charge in [0.15, 0.2) is 12.4 Å². The lowest BCUT2D eigenvalue weighted by atomic mass is 10.1. The average Bonchev–Trinajstić information content (AvgIpc) is 3.42. The van der Waals surface area contributed by atoms with Gasteiger partial charge in [-0.2, -0.15) is 10.2 Å². The maximum atomic E-state index is 12.5. The average molecular weight is 422 g/mol. The molecule has 1 amide bonds. The van der Waals surface area contributed by atoms with E-state index in [0.717, 1.165) is 13.0 Å². The highest BCUT2D eigenvalue weighted by Gasteiger charge is 2.11. The summed E-state index contributed by atoms with van der Waals surface area (Å²) < 4.78 is 8.96. The van der Waals surface area contributed by atoms with Crippen LogP contribution >= 0.6 is 11.6 Å². The van der Waals surface area contributed by atoms with Gasteiger partial charge in [-0.25, -0.2) is 4.68 Å². The second-order valence-corrected chi connectivity index (χ2v) is 7.03. The number of nitrogens with zero attached hydrogens (tertiary/aromatic N) is 4. The lowest BCUT2D eigenvalue weighted by Crippen LogP contribution is -2.14. The predicted octanol–water partition coefficient (Wildman–Crippen LogP) is 4.26. The molecule has 0 spiro atoms. The first-order valence-corrected chi connectivity index (χ1v) is 9.84. The number of hydrogen-bond donors (Lipinski definition) is 1. The summed E-state index contributed by atoms with van der Waals surface area (Å²) in [6, 6.07) is 19.0. The monoisotopic (exact) mass is 421 g/mol. The van der Waals surface area contributed by atoms with E-state index in [2.05, 4.69) is 27.6 Å². The number of aromatic nitrogens is 4. The summed E-state index contributed by atoms with van der Waals surface area (Å²) in [6.45, 7) is 0.877. The van der Waals surface area contributed by atoms with Gasteiger partial charge in [-0.1, -0.05) is 54.1 Å². The van der Waals surface area contributed by atoms with Crippen molar-refractivity contribution in [1.82, 2.24) is 19.6 Å². The van der Waals surface area contributed by atoms with Crippen molar-refractivity contribution < 1.29 is 9.53 Å². The van der Waals surface area contributed by atoms with Gasteiger partial charge in [0.1, 0.15) is 5.75 Å². The third kappa shape index (κ3) is 5.07. The standard InChI is InChI=1S/C22H20ClN5O2/c23-19-8-4-5-9-21(19)30-16-28-13-11-20(26-28)22(29)25-18-14-24-27(15-18)12-10-17-6-2-1-3-7-17/h1-9,11,13-15H,10,12,16H2,(H,25,29). The minimum Gasteiger partial charge on any atom is -0.470 e. The van der Waals surface area contributed by atoms with Crippen molar-refractivity contribution in [2.75, 3.05) is 5.32 Å². The summed E-state index contributed by atoms with van der Waals surface area (Å²) >= 11 is 6.07. The van der Waals surface area contributed by atoms with Gasteiger partial charge < -0.3 is 10.1 Å². The maximum absolute atomic E-state index is 12.5. The van der Waals surface area contributed by atoms with Crippen molar-refractivity contribution in [2.24, 2.45) is 0 Å². The Morgan fingerprint density at radius 3 is 2.67 bits per heavy atom. The van der Waals surface area contributed by atoms with E-state index in [1.54, 1.807) is 41.5 Å². The lowest BCUT2D eigenvalue weighted by Gasteiger charge is -2.07. The Morgan fingerprint density at radius 1 is 1.03 bits per heavy atom. The molecule has 1 N–H and O–H groups in total. The first kappa shape index (κ1) is 19.7. The van der Waals surface area contributed by atoms with Gasteiger partial charge >= 0.3 is 0 Å². The quantitative estimate of drug-likeness (QED) is 0.461. The van der Waals surface area contributed by atoms with Crippen LogP contribution in [0.2, 0.25) is 5.02 Å². The van der Waals surface area contributed by atoms with E-state index >= 15 is 0 Å². The third-order valence-corrected chi connectivity index (χ3v) is 4.74.